The first-order chi connectivity index (χ1) is 10.1. The van der Waals surface area contributed by atoms with Crippen LogP contribution in [0.5, 0.6) is 0 Å². The van der Waals surface area contributed by atoms with E-state index in [1.54, 1.807) is 11.3 Å². The normalized spacial score (nSPS) is 20.1. The van der Waals surface area contributed by atoms with Gasteiger partial charge in [0.2, 0.25) is 5.91 Å². The van der Waals surface area contributed by atoms with Crippen LogP contribution in [0.15, 0.2) is 17.5 Å². The second-order valence-corrected chi connectivity index (χ2v) is 7.28. The van der Waals surface area contributed by atoms with Crippen LogP contribution in [0.3, 0.4) is 0 Å². The Balaban J connectivity index is 1.98. The van der Waals surface area contributed by atoms with Crippen LogP contribution in [-0.4, -0.2) is 30.4 Å². The van der Waals surface area contributed by atoms with Crippen LogP contribution in [-0.2, 0) is 4.79 Å². The van der Waals surface area contributed by atoms with E-state index in [0.29, 0.717) is 6.04 Å². The molecule has 4 heteroatoms. The zero-order valence-electron chi connectivity index (χ0n) is 13.5. The lowest BCUT2D eigenvalue weighted by atomic mass is 9.97. The van der Waals surface area contributed by atoms with Crippen molar-refractivity contribution in [1.82, 2.24) is 10.2 Å². The number of nitrogens with one attached hydrogen (secondary N) is 1. The number of likely N-dealkylation sites (tertiary alicyclic amines) is 1. The van der Waals surface area contributed by atoms with Gasteiger partial charge in [-0.1, -0.05) is 26.8 Å². The van der Waals surface area contributed by atoms with Crippen molar-refractivity contribution in [1.29, 1.82) is 0 Å². The number of hydrogen-bond acceptors (Lipinski definition) is 3. The Hall–Kier alpha value is -0.870. The molecule has 1 amide bonds. The van der Waals surface area contributed by atoms with Gasteiger partial charge in [0.15, 0.2) is 0 Å². The molecule has 2 rings (SSSR count). The van der Waals surface area contributed by atoms with E-state index in [9.17, 15) is 4.79 Å². The van der Waals surface area contributed by atoms with Gasteiger partial charge in [-0.15, -0.1) is 11.3 Å². The number of carbonyl (C=O) groups excluding carboxylic acids is 1. The summed E-state index contributed by atoms with van der Waals surface area (Å²) < 4.78 is 0. The molecule has 2 heterocycles. The Morgan fingerprint density at radius 1 is 1.48 bits per heavy atom. The fourth-order valence-electron chi connectivity index (χ4n) is 2.79. The fraction of sp³-hybridized carbons (Fsp3) is 0.706. The SMILES string of the molecule is CCC(C)C(=O)NCC(c1cccs1)N1CCC(C)CC1. The van der Waals surface area contributed by atoms with Crippen molar-refractivity contribution in [2.45, 2.75) is 46.1 Å². The van der Waals surface area contributed by atoms with Crippen molar-refractivity contribution < 1.29 is 4.79 Å². The molecule has 0 saturated carbocycles. The van der Waals surface area contributed by atoms with E-state index >= 15 is 0 Å². The third-order valence-electron chi connectivity index (χ3n) is 4.66. The summed E-state index contributed by atoms with van der Waals surface area (Å²) in [5.41, 5.74) is 0. The standard InChI is InChI=1S/C17H28N2OS/c1-4-14(3)17(20)18-12-15(16-6-5-11-21-16)19-9-7-13(2)8-10-19/h5-6,11,13-15H,4,7-10,12H2,1-3H3,(H,18,20). The first-order valence-corrected chi connectivity index (χ1v) is 9.05. The summed E-state index contributed by atoms with van der Waals surface area (Å²) in [5, 5.41) is 5.29. The Kier molecular flexibility index (Phi) is 6.24. The second-order valence-electron chi connectivity index (χ2n) is 6.30. The van der Waals surface area contributed by atoms with Crippen molar-refractivity contribution in [3.05, 3.63) is 22.4 Å². The van der Waals surface area contributed by atoms with E-state index in [1.807, 2.05) is 6.92 Å². The minimum Gasteiger partial charge on any atom is -0.354 e. The molecule has 21 heavy (non-hydrogen) atoms. The summed E-state index contributed by atoms with van der Waals surface area (Å²) in [6, 6.07) is 4.64. The fourth-order valence-corrected chi connectivity index (χ4v) is 3.65. The van der Waals surface area contributed by atoms with E-state index in [4.69, 9.17) is 0 Å². The van der Waals surface area contributed by atoms with Crippen LogP contribution in [0.25, 0.3) is 0 Å². The smallest absolute Gasteiger partial charge is 0.222 e. The predicted molar refractivity (Wildman–Crippen MR) is 89.5 cm³/mol. The Bertz CT molecular complexity index is 424. The van der Waals surface area contributed by atoms with Gasteiger partial charge in [0, 0.05) is 17.3 Å². The zero-order valence-corrected chi connectivity index (χ0v) is 14.3. The number of amides is 1. The molecule has 2 unspecified atom stereocenters. The molecule has 1 aliphatic heterocycles. The average Bonchev–Trinajstić information content (AvgIpc) is 3.02. The molecule has 1 N–H and O–H groups in total. The van der Waals surface area contributed by atoms with Gasteiger partial charge in [-0.05, 0) is 49.7 Å². The summed E-state index contributed by atoms with van der Waals surface area (Å²) in [6.07, 6.45) is 3.43. The second kappa shape index (κ2) is 7.95. The van der Waals surface area contributed by atoms with Crippen LogP contribution >= 0.6 is 11.3 Å². The van der Waals surface area contributed by atoms with Crippen LogP contribution in [0.2, 0.25) is 0 Å². The number of thiophene rings is 1. The molecule has 1 aromatic heterocycles. The lowest BCUT2D eigenvalue weighted by Gasteiger charge is -2.36. The summed E-state index contributed by atoms with van der Waals surface area (Å²) >= 11 is 1.80. The van der Waals surface area contributed by atoms with Crippen LogP contribution in [0.4, 0.5) is 0 Å². The van der Waals surface area contributed by atoms with Gasteiger partial charge >= 0.3 is 0 Å². The summed E-state index contributed by atoms with van der Waals surface area (Å²) in [6.45, 7) is 9.41. The first-order valence-electron chi connectivity index (χ1n) is 8.17. The van der Waals surface area contributed by atoms with Crippen molar-refractivity contribution >= 4 is 17.2 Å². The molecular formula is C17H28N2OS. The third-order valence-corrected chi connectivity index (χ3v) is 5.63. The van der Waals surface area contributed by atoms with Crippen LogP contribution in [0.1, 0.15) is 51.0 Å². The molecule has 1 aliphatic rings. The lowest BCUT2D eigenvalue weighted by Crippen LogP contribution is -2.42. The molecule has 3 nitrogen and oxygen atoms in total. The van der Waals surface area contributed by atoms with Crippen molar-refractivity contribution in [2.24, 2.45) is 11.8 Å². The molecule has 0 spiro atoms. The number of hydrogen-bond donors (Lipinski definition) is 1. The first kappa shape index (κ1) is 16.5. The van der Waals surface area contributed by atoms with Crippen molar-refractivity contribution in [3.8, 4) is 0 Å². The quantitative estimate of drug-likeness (QED) is 0.869. The Labute approximate surface area is 132 Å². The highest BCUT2D eigenvalue weighted by molar-refractivity contribution is 7.10. The maximum Gasteiger partial charge on any atom is 0.222 e. The van der Waals surface area contributed by atoms with Gasteiger partial charge in [-0.3, -0.25) is 9.69 Å². The minimum absolute atomic E-state index is 0.107. The number of piperidine rings is 1. The number of rotatable bonds is 6. The van der Waals surface area contributed by atoms with Gasteiger partial charge in [-0.2, -0.15) is 0 Å². The molecule has 1 saturated heterocycles. The molecule has 118 valence electrons. The number of nitrogens with zero attached hydrogens (tertiary/aromatic N) is 1. The topological polar surface area (TPSA) is 32.3 Å². The highest BCUT2D eigenvalue weighted by Crippen LogP contribution is 2.29. The van der Waals surface area contributed by atoms with Gasteiger partial charge in [0.05, 0.1) is 6.04 Å². The van der Waals surface area contributed by atoms with Crippen molar-refractivity contribution in [3.63, 3.8) is 0 Å². The highest BCUT2D eigenvalue weighted by Gasteiger charge is 2.26. The molecule has 2 atom stereocenters. The largest absolute Gasteiger partial charge is 0.354 e. The number of carbonyl (C=O) groups is 1. The summed E-state index contributed by atoms with van der Waals surface area (Å²) in [5.74, 6) is 1.12. The van der Waals surface area contributed by atoms with E-state index in [0.717, 1.165) is 32.0 Å². The third kappa shape index (κ3) is 4.55. The molecule has 0 bridgehead atoms. The molecule has 1 fully saturated rings. The minimum atomic E-state index is 0.107. The Morgan fingerprint density at radius 2 is 2.19 bits per heavy atom. The molecule has 0 aliphatic carbocycles. The van der Waals surface area contributed by atoms with E-state index < -0.39 is 0 Å². The van der Waals surface area contributed by atoms with Crippen LogP contribution in [0, 0.1) is 11.8 Å². The lowest BCUT2D eigenvalue weighted by molar-refractivity contribution is -0.124. The van der Waals surface area contributed by atoms with Crippen LogP contribution < -0.4 is 5.32 Å². The molecule has 0 radical (unpaired) electrons. The molecular weight excluding hydrogens is 280 g/mol. The Morgan fingerprint density at radius 3 is 2.76 bits per heavy atom. The monoisotopic (exact) mass is 308 g/mol. The average molecular weight is 308 g/mol. The molecule has 0 aromatic carbocycles. The van der Waals surface area contributed by atoms with Gasteiger partial charge < -0.3 is 5.32 Å². The van der Waals surface area contributed by atoms with Crippen molar-refractivity contribution in [2.75, 3.05) is 19.6 Å². The summed E-state index contributed by atoms with van der Waals surface area (Å²) in [4.78, 5) is 16.0. The van der Waals surface area contributed by atoms with E-state index in [1.165, 1.54) is 17.7 Å². The maximum atomic E-state index is 12.1. The summed E-state index contributed by atoms with van der Waals surface area (Å²) in [7, 11) is 0. The van der Waals surface area contributed by atoms with E-state index in [-0.39, 0.29) is 11.8 Å². The van der Waals surface area contributed by atoms with E-state index in [2.05, 4.69) is 41.6 Å². The predicted octanol–water partition coefficient (Wildman–Crippen LogP) is 3.68. The maximum absolute atomic E-state index is 12.1. The van der Waals surface area contributed by atoms with Gasteiger partial charge in [-0.25, -0.2) is 0 Å². The zero-order chi connectivity index (χ0) is 15.2. The van der Waals surface area contributed by atoms with Gasteiger partial charge in [0.25, 0.3) is 0 Å². The highest BCUT2D eigenvalue weighted by atomic mass is 32.1. The molecule has 1 aromatic rings. The van der Waals surface area contributed by atoms with Gasteiger partial charge in [0.1, 0.15) is 0 Å².